The average molecular weight is 299 g/mol. The SMILES string of the molecule is CSc1nnc(SCC(O)c2ccccc2N)s1. The molecular formula is C11H13N3OS3. The van der Waals surface area contributed by atoms with Gasteiger partial charge in [-0.05, 0) is 12.3 Å². The molecule has 0 saturated carbocycles. The minimum Gasteiger partial charge on any atom is -0.398 e. The molecule has 0 fully saturated rings. The Labute approximate surface area is 118 Å². The van der Waals surface area contributed by atoms with Gasteiger partial charge in [-0.2, -0.15) is 0 Å². The average Bonchev–Trinajstić information content (AvgIpc) is 2.84. The van der Waals surface area contributed by atoms with Crippen LogP contribution in [0.1, 0.15) is 11.7 Å². The van der Waals surface area contributed by atoms with E-state index in [1.165, 1.54) is 23.1 Å². The molecule has 18 heavy (non-hydrogen) atoms. The van der Waals surface area contributed by atoms with E-state index in [0.29, 0.717) is 11.4 Å². The molecule has 7 heteroatoms. The molecule has 96 valence electrons. The smallest absolute Gasteiger partial charge is 0.175 e. The Kier molecular flexibility index (Phi) is 4.87. The Morgan fingerprint density at radius 1 is 1.33 bits per heavy atom. The van der Waals surface area contributed by atoms with Crippen LogP contribution in [0, 0.1) is 0 Å². The van der Waals surface area contributed by atoms with Crippen molar-refractivity contribution in [3.8, 4) is 0 Å². The van der Waals surface area contributed by atoms with E-state index in [9.17, 15) is 5.11 Å². The molecule has 0 bridgehead atoms. The second-order valence-electron chi connectivity index (χ2n) is 3.49. The van der Waals surface area contributed by atoms with Crippen LogP contribution in [0.5, 0.6) is 0 Å². The van der Waals surface area contributed by atoms with Gasteiger partial charge in [-0.1, -0.05) is 53.1 Å². The summed E-state index contributed by atoms with van der Waals surface area (Å²) in [4.78, 5) is 0. The number of rotatable bonds is 5. The van der Waals surface area contributed by atoms with Gasteiger partial charge in [-0.15, -0.1) is 10.2 Å². The number of nitrogens with zero attached hydrogens (tertiary/aromatic N) is 2. The fourth-order valence-corrected chi connectivity index (χ4v) is 3.81. The summed E-state index contributed by atoms with van der Waals surface area (Å²) in [5.41, 5.74) is 7.20. The minimum atomic E-state index is -0.585. The van der Waals surface area contributed by atoms with Crippen molar-refractivity contribution >= 4 is 40.5 Å². The monoisotopic (exact) mass is 299 g/mol. The van der Waals surface area contributed by atoms with Gasteiger partial charge < -0.3 is 10.8 Å². The number of aromatic nitrogens is 2. The number of aliphatic hydroxyl groups is 1. The van der Waals surface area contributed by atoms with Crippen molar-refractivity contribution in [3.05, 3.63) is 29.8 Å². The van der Waals surface area contributed by atoms with E-state index in [2.05, 4.69) is 10.2 Å². The molecule has 1 aromatic heterocycles. The van der Waals surface area contributed by atoms with Gasteiger partial charge in [-0.3, -0.25) is 0 Å². The van der Waals surface area contributed by atoms with Crippen molar-refractivity contribution in [3.63, 3.8) is 0 Å². The Balaban J connectivity index is 1.96. The van der Waals surface area contributed by atoms with Crippen LogP contribution in [0.25, 0.3) is 0 Å². The van der Waals surface area contributed by atoms with Crippen LogP contribution in [0.15, 0.2) is 32.9 Å². The molecular weight excluding hydrogens is 286 g/mol. The Morgan fingerprint density at radius 2 is 2.06 bits per heavy atom. The lowest BCUT2D eigenvalue weighted by Gasteiger charge is -2.11. The molecule has 0 amide bonds. The molecule has 1 unspecified atom stereocenters. The molecule has 2 rings (SSSR count). The third-order valence-corrected chi connectivity index (χ3v) is 5.39. The molecule has 2 aromatic rings. The van der Waals surface area contributed by atoms with Crippen molar-refractivity contribution < 1.29 is 5.11 Å². The van der Waals surface area contributed by atoms with Crippen LogP contribution < -0.4 is 5.73 Å². The third kappa shape index (κ3) is 3.38. The molecule has 3 N–H and O–H groups in total. The van der Waals surface area contributed by atoms with Gasteiger partial charge in [0.05, 0.1) is 6.10 Å². The largest absolute Gasteiger partial charge is 0.398 e. The molecule has 0 aliphatic heterocycles. The van der Waals surface area contributed by atoms with Crippen LogP contribution in [-0.4, -0.2) is 27.3 Å². The maximum absolute atomic E-state index is 10.1. The highest BCUT2D eigenvalue weighted by Gasteiger charge is 2.12. The number of benzene rings is 1. The van der Waals surface area contributed by atoms with Crippen molar-refractivity contribution in [2.45, 2.75) is 14.8 Å². The maximum Gasteiger partial charge on any atom is 0.175 e. The normalized spacial score (nSPS) is 12.6. The topological polar surface area (TPSA) is 72.0 Å². The van der Waals surface area contributed by atoms with E-state index in [-0.39, 0.29) is 0 Å². The Bertz CT molecular complexity index is 518. The van der Waals surface area contributed by atoms with E-state index < -0.39 is 6.10 Å². The zero-order valence-electron chi connectivity index (χ0n) is 9.74. The van der Waals surface area contributed by atoms with Gasteiger partial charge in [0.25, 0.3) is 0 Å². The fraction of sp³-hybridized carbons (Fsp3) is 0.273. The summed E-state index contributed by atoms with van der Waals surface area (Å²) in [7, 11) is 0. The van der Waals surface area contributed by atoms with Crippen molar-refractivity contribution in [2.75, 3.05) is 17.7 Å². The van der Waals surface area contributed by atoms with Gasteiger partial charge in [-0.25, -0.2) is 0 Å². The lowest BCUT2D eigenvalue weighted by molar-refractivity contribution is 0.205. The zero-order chi connectivity index (χ0) is 13.0. The molecule has 1 heterocycles. The highest BCUT2D eigenvalue weighted by molar-refractivity contribution is 8.02. The van der Waals surface area contributed by atoms with Gasteiger partial charge in [0.2, 0.25) is 0 Å². The summed E-state index contributed by atoms with van der Waals surface area (Å²) >= 11 is 4.60. The second-order valence-corrected chi connectivity index (χ2v) is 6.79. The first-order valence-electron chi connectivity index (χ1n) is 5.23. The highest BCUT2D eigenvalue weighted by atomic mass is 32.2. The molecule has 0 spiro atoms. The van der Waals surface area contributed by atoms with Gasteiger partial charge >= 0.3 is 0 Å². The van der Waals surface area contributed by atoms with Crippen molar-refractivity contribution in [1.82, 2.24) is 10.2 Å². The molecule has 0 radical (unpaired) electrons. The predicted octanol–water partition coefficient (Wildman–Crippen LogP) is 2.67. The summed E-state index contributed by atoms with van der Waals surface area (Å²) < 4.78 is 1.80. The fourth-order valence-electron chi connectivity index (χ4n) is 1.39. The molecule has 1 aromatic carbocycles. The quantitative estimate of drug-likeness (QED) is 0.653. The first kappa shape index (κ1) is 13.7. The number of nitrogen functional groups attached to an aromatic ring is 1. The molecule has 4 nitrogen and oxygen atoms in total. The van der Waals surface area contributed by atoms with Crippen LogP contribution >= 0.6 is 34.9 Å². The summed E-state index contributed by atoms with van der Waals surface area (Å²) in [6.07, 6.45) is 1.38. The summed E-state index contributed by atoms with van der Waals surface area (Å²) in [5.74, 6) is 0.525. The van der Waals surface area contributed by atoms with Crippen molar-refractivity contribution in [2.24, 2.45) is 0 Å². The first-order chi connectivity index (χ1) is 8.70. The Morgan fingerprint density at radius 3 is 2.72 bits per heavy atom. The standard InChI is InChI=1S/C11H13N3OS3/c1-16-10-13-14-11(18-10)17-6-9(15)7-4-2-3-5-8(7)12/h2-5,9,15H,6,12H2,1H3. The number of nitrogens with two attached hydrogens (primary N) is 1. The minimum absolute atomic E-state index is 0.525. The van der Waals surface area contributed by atoms with E-state index in [1.807, 2.05) is 24.5 Å². The lowest BCUT2D eigenvalue weighted by Crippen LogP contribution is -2.04. The van der Waals surface area contributed by atoms with E-state index in [1.54, 1.807) is 17.8 Å². The van der Waals surface area contributed by atoms with Crippen LogP contribution in [0.3, 0.4) is 0 Å². The number of thioether (sulfide) groups is 2. The summed E-state index contributed by atoms with van der Waals surface area (Å²) in [6.45, 7) is 0. The van der Waals surface area contributed by atoms with E-state index in [0.717, 1.165) is 14.2 Å². The number of aliphatic hydroxyl groups excluding tert-OH is 1. The number of hydrogen-bond acceptors (Lipinski definition) is 7. The van der Waals surface area contributed by atoms with Gasteiger partial charge in [0, 0.05) is 17.0 Å². The van der Waals surface area contributed by atoms with Crippen LogP contribution in [0.4, 0.5) is 5.69 Å². The third-order valence-electron chi connectivity index (χ3n) is 2.28. The van der Waals surface area contributed by atoms with Crippen LogP contribution in [-0.2, 0) is 0 Å². The lowest BCUT2D eigenvalue weighted by atomic mass is 10.1. The second kappa shape index (κ2) is 6.42. The first-order valence-corrected chi connectivity index (χ1v) is 8.26. The molecule has 0 aliphatic rings. The van der Waals surface area contributed by atoms with Gasteiger partial charge in [0.1, 0.15) is 0 Å². The zero-order valence-corrected chi connectivity index (χ0v) is 12.2. The van der Waals surface area contributed by atoms with E-state index in [4.69, 9.17) is 5.73 Å². The molecule has 0 saturated heterocycles. The van der Waals surface area contributed by atoms with Gasteiger partial charge in [0.15, 0.2) is 8.68 Å². The highest BCUT2D eigenvalue weighted by Crippen LogP contribution is 2.31. The number of hydrogen-bond donors (Lipinski definition) is 2. The maximum atomic E-state index is 10.1. The molecule has 0 aliphatic carbocycles. The summed E-state index contributed by atoms with van der Waals surface area (Å²) in [5, 5.41) is 18.1. The summed E-state index contributed by atoms with van der Waals surface area (Å²) in [6, 6.07) is 7.36. The Hall–Kier alpha value is -0.760. The molecule has 1 atom stereocenters. The van der Waals surface area contributed by atoms with Crippen LogP contribution in [0.2, 0.25) is 0 Å². The number of para-hydroxylation sites is 1. The number of anilines is 1. The van der Waals surface area contributed by atoms with Crippen molar-refractivity contribution in [1.29, 1.82) is 0 Å². The predicted molar refractivity (Wildman–Crippen MR) is 78.2 cm³/mol. The van der Waals surface area contributed by atoms with E-state index >= 15 is 0 Å².